The zero-order chi connectivity index (χ0) is 55.2. The Morgan fingerprint density at radius 3 is 1.38 bits per heavy atom. The van der Waals surface area contributed by atoms with Crippen LogP contribution >= 0.6 is 23.2 Å². The number of alkyl halides is 2. The number of nitrogens with two attached hydrogens (primary N) is 2. The van der Waals surface area contributed by atoms with E-state index in [0.717, 1.165) is 46.4 Å². The number of aliphatic carboxylic acids is 1. The first-order valence-electron chi connectivity index (χ1n) is 25.2. The van der Waals surface area contributed by atoms with Crippen molar-refractivity contribution in [1.29, 1.82) is 0 Å². The van der Waals surface area contributed by atoms with Crippen LogP contribution in [0.25, 0.3) is 21.8 Å². The van der Waals surface area contributed by atoms with Crippen molar-refractivity contribution in [2.24, 2.45) is 11.5 Å². The second-order valence-electron chi connectivity index (χ2n) is 16.0. The number of benzene rings is 4. The van der Waals surface area contributed by atoms with Gasteiger partial charge >= 0.3 is 5.97 Å². The van der Waals surface area contributed by atoms with Crippen molar-refractivity contribution in [3.05, 3.63) is 119 Å². The van der Waals surface area contributed by atoms with Crippen molar-refractivity contribution in [2.75, 3.05) is 61.8 Å². The second kappa shape index (κ2) is 34.8. The topological polar surface area (TPSA) is 238 Å². The Morgan fingerprint density at radius 2 is 1.01 bits per heavy atom. The maximum absolute atomic E-state index is 13.8. The summed E-state index contributed by atoms with van der Waals surface area (Å²) in [5, 5.41) is 15.6. The van der Waals surface area contributed by atoms with Crippen LogP contribution in [-0.2, 0) is 40.4 Å². The third-order valence-corrected chi connectivity index (χ3v) is 11.2. The fourth-order valence-electron chi connectivity index (χ4n) is 7.85. The van der Waals surface area contributed by atoms with E-state index in [4.69, 9.17) is 26.0 Å². The van der Waals surface area contributed by atoms with Gasteiger partial charge in [0.05, 0.1) is 29.0 Å². The number of fused-ring (bicyclic) bond motifs is 6. The summed E-state index contributed by atoms with van der Waals surface area (Å²) in [6.07, 6.45) is 8.82. The first kappa shape index (κ1) is 63.5. The van der Waals surface area contributed by atoms with Gasteiger partial charge in [0.15, 0.2) is 0 Å². The number of unbranched alkanes of at least 4 members (excludes halogenated alkanes) is 2. The van der Waals surface area contributed by atoms with Crippen molar-refractivity contribution < 1.29 is 38.6 Å². The summed E-state index contributed by atoms with van der Waals surface area (Å²) in [6.45, 7) is 16.0. The van der Waals surface area contributed by atoms with Gasteiger partial charge in [-0.3, -0.25) is 24.0 Å². The Balaban J connectivity index is 0.000000918. The Bertz CT molecular complexity index is 2650. The molecule has 0 fully saturated rings. The SMILES string of the molecule is CC.CC.CC(=O)N1CCc2c1cc(OCc1ccccc1)c1[nH]c(C(=O)NCC(=O)N3CCc4c3cc(OCc3ccccc3)c3[nH]c(C(=O)NCC(=O)O)cc43)cc21.CCCCN.CCCCN.CCl.CCl. The number of hydrogen-bond donors (Lipinski definition) is 7. The van der Waals surface area contributed by atoms with E-state index < -0.39 is 24.3 Å². The molecule has 74 heavy (non-hydrogen) atoms. The number of aromatic nitrogens is 2. The average Bonchev–Trinajstić information content (AvgIpc) is 4.27. The van der Waals surface area contributed by atoms with Gasteiger partial charge in [-0.25, -0.2) is 0 Å². The predicted molar refractivity (Wildman–Crippen MR) is 302 cm³/mol. The highest BCUT2D eigenvalue weighted by atomic mass is 35.5. The van der Waals surface area contributed by atoms with Crippen LogP contribution < -0.4 is 41.4 Å². The van der Waals surface area contributed by atoms with Crippen molar-refractivity contribution in [2.45, 2.75) is 100 Å². The van der Waals surface area contributed by atoms with E-state index in [-0.39, 0.29) is 43.0 Å². The number of anilines is 2. The lowest BCUT2D eigenvalue weighted by molar-refractivity contribution is -0.135. The average molecular weight is 1060 g/mol. The van der Waals surface area contributed by atoms with Gasteiger partial charge in [0.2, 0.25) is 11.8 Å². The van der Waals surface area contributed by atoms with Crippen LogP contribution in [0.15, 0.2) is 84.9 Å². The molecule has 404 valence electrons. The molecule has 8 rings (SSSR count). The number of rotatable bonds is 16. The van der Waals surface area contributed by atoms with E-state index >= 15 is 0 Å². The van der Waals surface area contributed by atoms with E-state index in [1.807, 2.05) is 94.4 Å². The number of carbonyl (C=O) groups excluding carboxylic acids is 4. The van der Waals surface area contributed by atoms with E-state index in [1.54, 1.807) is 28.0 Å². The molecule has 2 aromatic heterocycles. The summed E-state index contributed by atoms with van der Waals surface area (Å²) in [5.41, 5.74) is 16.8. The van der Waals surface area contributed by atoms with Gasteiger partial charge in [-0.2, -0.15) is 0 Å². The molecule has 6 aromatic rings. The van der Waals surface area contributed by atoms with Crippen molar-refractivity contribution >= 4 is 86.0 Å². The number of nitrogens with one attached hydrogen (secondary N) is 4. The molecule has 0 unspecified atom stereocenters. The summed E-state index contributed by atoms with van der Waals surface area (Å²) in [6, 6.07) is 26.2. The number of carboxylic acids is 1. The fourth-order valence-corrected chi connectivity index (χ4v) is 7.85. The Kier molecular flexibility index (Phi) is 29.8. The Hall–Kier alpha value is -6.59. The lowest BCUT2D eigenvalue weighted by atomic mass is 10.1. The molecule has 16 nitrogen and oxygen atoms in total. The molecule has 0 bridgehead atoms. The quantitative estimate of drug-likeness (QED) is 0.0453. The van der Waals surface area contributed by atoms with Crippen LogP contribution in [0.5, 0.6) is 11.5 Å². The zero-order valence-corrected chi connectivity index (χ0v) is 46.1. The van der Waals surface area contributed by atoms with Crippen LogP contribution in [0.4, 0.5) is 11.4 Å². The van der Waals surface area contributed by atoms with Gasteiger partial charge in [0.1, 0.15) is 42.6 Å². The van der Waals surface area contributed by atoms with Crippen LogP contribution in [0.1, 0.15) is 117 Å². The number of ether oxygens (including phenoxy) is 2. The number of carboxylic acid groups (broad SMARTS) is 1. The minimum Gasteiger partial charge on any atom is -0.487 e. The molecule has 4 heterocycles. The first-order valence-corrected chi connectivity index (χ1v) is 26.7. The summed E-state index contributed by atoms with van der Waals surface area (Å²) in [4.78, 5) is 73.4. The predicted octanol–water partition coefficient (Wildman–Crippen LogP) is 10.1. The maximum atomic E-state index is 13.8. The number of aromatic amines is 2. The van der Waals surface area contributed by atoms with Crippen LogP contribution in [0.3, 0.4) is 0 Å². The monoisotopic (exact) mass is 1060 g/mol. The van der Waals surface area contributed by atoms with Crippen LogP contribution in [-0.4, -0.2) is 96.7 Å². The van der Waals surface area contributed by atoms with Crippen LogP contribution in [0, 0.1) is 0 Å². The lowest BCUT2D eigenvalue weighted by Gasteiger charge is -2.19. The summed E-state index contributed by atoms with van der Waals surface area (Å²) >= 11 is 9.28. The molecule has 18 heteroatoms. The minimum absolute atomic E-state index is 0.0820. The van der Waals surface area contributed by atoms with Gasteiger partial charge in [0, 0.05) is 55.7 Å². The molecule has 0 saturated heterocycles. The summed E-state index contributed by atoms with van der Waals surface area (Å²) in [7, 11) is 0. The molecule has 2 aliphatic heterocycles. The molecule has 9 N–H and O–H groups in total. The minimum atomic E-state index is -1.17. The fraction of sp³-hybridized carbons (Fsp3) is 0.411. The van der Waals surface area contributed by atoms with Gasteiger partial charge < -0.3 is 56.4 Å². The van der Waals surface area contributed by atoms with E-state index in [2.05, 4.69) is 57.7 Å². The number of nitrogens with zero attached hydrogens (tertiary/aromatic N) is 2. The molecule has 0 saturated carbocycles. The van der Waals surface area contributed by atoms with Gasteiger partial charge in [-0.15, -0.1) is 23.2 Å². The first-order chi connectivity index (χ1) is 36.0. The highest BCUT2D eigenvalue weighted by Gasteiger charge is 2.31. The number of H-pyrrole nitrogens is 2. The Labute approximate surface area is 446 Å². The van der Waals surface area contributed by atoms with Crippen molar-refractivity contribution in [1.82, 2.24) is 20.6 Å². The lowest BCUT2D eigenvalue weighted by Crippen LogP contribution is -2.39. The van der Waals surface area contributed by atoms with Crippen LogP contribution in [0.2, 0.25) is 0 Å². The molecule has 0 atom stereocenters. The number of halogens is 2. The molecule has 0 aliphatic carbocycles. The highest BCUT2D eigenvalue weighted by molar-refractivity contribution is 6.15. The van der Waals surface area contributed by atoms with E-state index in [1.165, 1.54) is 45.4 Å². The molecule has 4 aromatic carbocycles. The largest absolute Gasteiger partial charge is 0.487 e. The molecule has 2 aliphatic rings. The molecule has 0 radical (unpaired) electrons. The van der Waals surface area contributed by atoms with Gasteiger partial charge in [0.25, 0.3) is 11.8 Å². The number of carbonyl (C=O) groups is 5. The zero-order valence-electron chi connectivity index (χ0n) is 44.6. The molecular formula is C56H78Cl2N8O8. The molecule has 4 amide bonds. The standard InChI is InChI=1S/C42H38N6O8.2C4H11N.2C2H6.2CH3Cl/c1-24(49)47-14-12-27-29-16-31(45-39(29)35(18-33(27)47)55-22-25-8-4-2-5-9-25)41(53)43-20-37(50)48-15-13-28-30-17-32(42(54)44-21-38(51)52)46-40(30)36(19-34(28)48)56-23-26-10-6-3-7-11-26;2*1-2-3-4-5;4*1-2/h2-11,16-19,45-46H,12-15,20-23H2,1H3,(H,43,53)(H,44,54)(H,51,52);2*2-5H2,1H3;2*1-2H3;2*1H3. The maximum Gasteiger partial charge on any atom is 0.322 e. The van der Waals surface area contributed by atoms with E-state index in [9.17, 15) is 24.0 Å². The summed E-state index contributed by atoms with van der Waals surface area (Å²) < 4.78 is 12.5. The number of amides is 4. The smallest absolute Gasteiger partial charge is 0.322 e. The third-order valence-electron chi connectivity index (χ3n) is 11.2. The highest BCUT2D eigenvalue weighted by Crippen LogP contribution is 2.42. The Morgan fingerprint density at radius 1 is 0.622 bits per heavy atom. The molecular weight excluding hydrogens is 984 g/mol. The van der Waals surface area contributed by atoms with Crippen molar-refractivity contribution in [3.8, 4) is 11.5 Å². The number of hydrogen-bond acceptors (Lipinski definition) is 9. The third kappa shape index (κ3) is 17.8. The van der Waals surface area contributed by atoms with Gasteiger partial charge in [-0.1, -0.05) is 115 Å². The molecule has 0 spiro atoms. The van der Waals surface area contributed by atoms with Gasteiger partial charge in [-0.05, 0) is 73.2 Å². The van der Waals surface area contributed by atoms with E-state index in [0.29, 0.717) is 59.5 Å². The second-order valence-corrected chi connectivity index (χ2v) is 16.0. The normalized spacial score (nSPS) is 11.4. The van der Waals surface area contributed by atoms with Crippen molar-refractivity contribution in [3.63, 3.8) is 0 Å². The summed E-state index contributed by atoms with van der Waals surface area (Å²) in [5.74, 6) is -1.76.